The van der Waals surface area contributed by atoms with Gasteiger partial charge < -0.3 is 10.3 Å². The third kappa shape index (κ3) is 2.90. The molecule has 0 radical (unpaired) electrons. The molecule has 0 spiro atoms. The predicted molar refractivity (Wildman–Crippen MR) is 75.9 cm³/mol. The first-order valence-electron chi connectivity index (χ1n) is 5.95. The lowest BCUT2D eigenvalue weighted by molar-refractivity contribution is 0.0946. The van der Waals surface area contributed by atoms with Crippen molar-refractivity contribution in [2.45, 2.75) is 25.4 Å². The minimum absolute atomic E-state index is 0.267. The maximum Gasteiger partial charge on any atom is 0.346 e. The quantitative estimate of drug-likeness (QED) is 0.570. The minimum Gasteiger partial charge on any atom is -0.348 e. The van der Waals surface area contributed by atoms with Gasteiger partial charge in [-0.05, 0) is 20.1 Å². The molecule has 2 aromatic rings. The summed E-state index contributed by atoms with van der Waals surface area (Å²) in [6.45, 7) is 3.93. The number of thioether (sulfide) groups is 1. The highest BCUT2D eigenvalue weighted by Crippen LogP contribution is 2.18. The Balaban J connectivity index is 2.21. The van der Waals surface area contributed by atoms with Gasteiger partial charge in [0.05, 0.1) is 11.8 Å². The molecule has 0 aliphatic rings. The minimum atomic E-state index is -0.450. The summed E-state index contributed by atoms with van der Waals surface area (Å²) < 4.78 is 0. The zero-order valence-electron chi connectivity index (χ0n) is 11.4. The molecule has 2 heterocycles. The van der Waals surface area contributed by atoms with Crippen LogP contribution < -0.4 is 11.0 Å². The lowest BCUT2D eigenvalue weighted by Gasteiger charge is -2.09. The first kappa shape index (κ1) is 14.3. The van der Waals surface area contributed by atoms with Crippen LogP contribution in [0.5, 0.6) is 0 Å². The fraction of sp³-hybridized carbons (Fsp3) is 0.333. The van der Waals surface area contributed by atoms with Gasteiger partial charge in [0.25, 0.3) is 5.91 Å². The standard InChI is InChI=1S/C12H15N5O2S/c1-6-8(5-14-17-6)4-13-10(18)9-7(2)15-12(19)16-11(9)20-3/h5H,4H2,1-3H3,(H,13,18)(H,14,17)(H,15,16,19). The van der Waals surface area contributed by atoms with Crippen molar-refractivity contribution in [3.05, 3.63) is 39.2 Å². The fourth-order valence-electron chi connectivity index (χ4n) is 1.79. The van der Waals surface area contributed by atoms with Gasteiger partial charge in [0, 0.05) is 23.5 Å². The number of aryl methyl sites for hydroxylation is 2. The van der Waals surface area contributed by atoms with Crippen LogP contribution in [0.2, 0.25) is 0 Å². The number of H-pyrrole nitrogens is 2. The number of amides is 1. The molecule has 0 aliphatic heterocycles. The Hall–Kier alpha value is -2.09. The number of carbonyl (C=O) groups is 1. The van der Waals surface area contributed by atoms with Crippen LogP contribution in [-0.2, 0) is 6.54 Å². The van der Waals surface area contributed by atoms with Gasteiger partial charge in [-0.1, -0.05) is 0 Å². The summed E-state index contributed by atoms with van der Waals surface area (Å²) in [5, 5.41) is 9.93. The lowest BCUT2D eigenvalue weighted by atomic mass is 10.2. The van der Waals surface area contributed by atoms with Crippen molar-refractivity contribution in [2.24, 2.45) is 0 Å². The first-order valence-corrected chi connectivity index (χ1v) is 7.17. The molecule has 0 unspecified atom stereocenters. The van der Waals surface area contributed by atoms with E-state index in [4.69, 9.17) is 0 Å². The second kappa shape index (κ2) is 5.91. The van der Waals surface area contributed by atoms with E-state index in [-0.39, 0.29) is 5.91 Å². The molecule has 0 atom stereocenters. The highest BCUT2D eigenvalue weighted by molar-refractivity contribution is 7.98. The number of nitrogens with one attached hydrogen (secondary N) is 3. The van der Waals surface area contributed by atoms with Gasteiger partial charge >= 0.3 is 5.69 Å². The zero-order chi connectivity index (χ0) is 14.7. The van der Waals surface area contributed by atoms with Gasteiger partial charge in [-0.2, -0.15) is 10.1 Å². The number of aromatic amines is 2. The second-order valence-electron chi connectivity index (χ2n) is 4.25. The Morgan fingerprint density at radius 3 is 2.75 bits per heavy atom. The monoisotopic (exact) mass is 293 g/mol. The molecule has 106 valence electrons. The fourth-order valence-corrected chi connectivity index (χ4v) is 2.42. The summed E-state index contributed by atoms with van der Waals surface area (Å²) in [5.41, 5.74) is 2.29. The van der Waals surface area contributed by atoms with E-state index in [2.05, 4.69) is 25.5 Å². The maximum atomic E-state index is 12.2. The van der Waals surface area contributed by atoms with Gasteiger partial charge in [-0.3, -0.25) is 9.89 Å². The molecule has 2 aromatic heterocycles. The molecule has 7 nitrogen and oxygen atoms in total. The van der Waals surface area contributed by atoms with Crippen LogP contribution in [0.25, 0.3) is 0 Å². The van der Waals surface area contributed by atoms with Crippen LogP contribution in [0.15, 0.2) is 16.0 Å². The van der Waals surface area contributed by atoms with Gasteiger partial charge in [-0.25, -0.2) is 4.79 Å². The SMILES string of the molecule is CSc1nc(=O)[nH]c(C)c1C(=O)NCc1cn[nH]c1C. The van der Waals surface area contributed by atoms with Crippen LogP contribution in [0, 0.1) is 13.8 Å². The molecular weight excluding hydrogens is 278 g/mol. The summed E-state index contributed by atoms with van der Waals surface area (Å²) in [6.07, 6.45) is 3.45. The van der Waals surface area contributed by atoms with E-state index in [1.54, 1.807) is 19.4 Å². The third-order valence-corrected chi connectivity index (χ3v) is 3.56. The molecule has 0 aliphatic carbocycles. The summed E-state index contributed by atoms with van der Waals surface area (Å²) in [7, 11) is 0. The van der Waals surface area contributed by atoms with Gasteiger partial charge in [0.1, 0.15) is 5.03 Å². The lowest BCUT2D eigenvalue weighted by Crippen LogP contribution is -2.27. The van der Waals surface area contributed by atoms with Crippen molar-refractivity contribution < 1.29 is 4.79 Å². The normalized spacial score (nSPS) is 10.6. The van der Waals surface area contributed by atoms with Crippen LogP contribution in [0.1, 0.15) is 27.3 Å². The molecule has 0 fully saturated rings. The van der Waals surface area contributed by atoms with Gasteiger partial charge in [-0.15, -0.1) is 11.8 Å². The summed E-state index contributed by atoms with van der Waals surface area (Å²) in [5.74, 6) is -0.267. The van der Waals surface area contributed by atoms with E-state index in [1.165, 1.54) is 11.8 Å². The average Bonchev–Trinajstić information content (AvgIpc) is 2.80. The van der Waals surface area contributed by atoms with E-state index in [1.807, 2.05) is 6.92 Å². The van der Waals surface area contributed by atoms with Crippen LogP contribution >= 0.6 is 11.8 Å². The number of aromatic nitrogens is 4. The number of carbonyl (C=O) groups excluding carboxylic acids is 1. The Morgan fingerprint density at radius 2 is 2.15 bits per heavy atom. The number of rotatable bonds is 4. The average molecular weight is 293 g/mol. The molecule has 2 rings (SSSR count). The van der Waals surface area contributed by atoms with Crippen molar-refractivity contribution >= 4 is 17.7 Å². The highest BCUT2D eigenvalue weighted by Gasteiger charge is 2.17. The van der Waals surface area contributed by atoms with Crippen molar-refractivity contribution in [3.63, 3.8) is 0 Å². The molecule has 1 amide bonds. The predicted octanol–water partition coefficient (Wildman–Crippen LogP) is 0.762. The van der Waals surface area contributed by atoms with Crippen molar-refractivity contribution in [1.29, 1.82) is 0 Å². The Labute approximate surface area is 119 Å². The Bertz CT molecular complexity index is 691. The molecule has 0 bridgehead atoms. The summed E-state index contributed by atoms with van der Waals surface area (Å²) >= 11 is 1.27. The zero-order valence-corrected chi connectivity index (χ0v) is 12.2. The maximum absolute atomic E-state index is 12.2. The number of hydrogen-bond donors (Lipinski definition) is 3. The van der Waals surface area contributed by atoms with Crippen LogP contribution in [0.3, 0.4) is 0 Å². The van der Waals surface area contributed by atoms with E-state index >= 15 is 0 Å². The van der Waals surface area contributed by atoms with Crippen LogP contribution in [0.4, 0.5) is 0 Å². The first-order chi connectivity index (χ1) is 9.52. The molecule has 20 heavy (non-hydrogen) atoms. The van der Waals surface area contributed by atoms with E-state index in [9.17, 15) is 9.59 Å². The van der Waals surface area contributed by atoms with E-state index < -0.39 is 5.69 Å². The summed E-state index contributed by atoms with van der Waals surface area (Å²) in [4.78, 5) is 29.9. The molecule has 8 heteroatoms. The molecule has 0 aromatic carbocycles. The summed E-state index contributed by atoms with van der Waals surface area (Å²) in [6, 6.07) is 0. The van der Waals surface area contributed by atoms with Crippen molar-refractivity contribution in [2.75, 3.05) is 6.26 Å². The highest BCUT2D eigenvalue weighted by atomic mass is 32.2. The smallest absolute Gasteiger partial charge is 0.346 e. The van der Waals surface area contributed by atoms with Gasteiger partial charge in [0.2, 0.25) is 0 Å². The Kier molecular flexibility index (Phi) is 4.23. The topological polar surface area (TPSA) is 104 Å². The van der Waals surface area contributed by atoms with E-state index in [0.717, 1.165) is 11.3 Å². The molecule has 0 saturated carbocycles. The Morgan fingerprint density at radius 1 is 1.40 bits per heavy atom. The van der Waals surface area contributed by atoms with Crippen LogP contribution in [-0.4, -0.2) is 32.3 Å². The third-order valence-electron chi connectivity index (χ3n) is 2.88. The number of nitrogens with zero attached hydrogens (tertiary/aromatic N) is 2. The largest absolute Gasteiger partial charge is 0.348 e. The van der Waals surface area contributed by atoms with Gasteiger partial charge in [0.15, 0.2) is 0 Å². The van der Waals surface area contributed by atoms with Crippen molar-refractivity contribution in [1.82, 2.24) is 25.5 Å². The van der Waals surface area contributed by atoms with Crippen molar-refractivity contribution in [3.8, 4) is 0 Å². The molecule has 0 saturated heterocycles. The molecule has 3 N–H and O–H groups in total. The molecular formula is C12H15N5O2S. The number of hydrogen-bond acceptors (Lipinski definition) is 5. The van der Waals surface area contributed by atoms with E-state index in [0.29, 0.717) is 22.8 Å². The second-order valence-corrected chi connectivity index (χ2v) is 5.05.